The van der Waals surface area contributed by atoms with Gasteiger partial charge in [0.25, 0.3) is 0 Å². The maximum absolute atomic E-state index is 11.8. The number of nitrogens with zero attached hydrogens (tertiary/aromatic N) is 4. The minimum absolute atomic E-state index is 0.200. The molecule has 1 aromatic carbocycles. The van der Waals surface area contributed by atoms with E-state index in [1.54, 1.807) is 0 Å². The molecule has 0 aliphatic carbocycles. The Hall–Kier alpha value is -2.71. The molecule has 0 saturated carbocycles. The highest BCUT2D eigenvalue weighted by molar-refractivity contribution is 5.89. The normalized spacial score (nSPS) is 18.9. The van der Waals surface area contributed by atoms with Crippen molar-refractivity contribution in [3.8, 4) is 11.3 Å². The topological polar surface area (TPSA) is 82.6 Å². The number of morpholine rings is 1. The number of aromatic nitrogens is 2. The lowest BCUT2D eigenvalue weighted by Crippen LogP contribution is -2.44. The molecule has 2 aliphatic heterocycles. The van der Waals surface area contributed by atoms with Crippen molar-refractivity contribution in [1.82, 2.24) is 20.2 Å². The average molecular weight is 425 g/mol. The molecule has 1 atom stereocenters. The molecule has 1 aromatic heterocycles. The molecule has 3 heterocycles. The number of rotatable bonds is 5. The van der Waals surface area contributed by atoms with E-state index < -0.39 is 0 Å². The number of hydrogen-bond acceptors (Lipinski definition) is 6. The number of fused-ring (bicyclic) bond motifs is 1. The lowest BCUT2D eigenvalue weighted by atomic mass is 10.1. The number of benzene rings is 1. The fourth-order valence-electron chi connectivity index (χ4n) is 4.07. The van der Waals surface area contributed by atoms with Crippen molar-refractivity contribution in [2.45, 2.75) is 52.9 Å². The summed E-state index contributed by atoms with van der Waals surface area (Å²) in [5, 5.41) is 5.60. The number of hydrogen-bond donors (Lipinski definition) is 2. The van der Waals surface area contributed by atoms with Gasteiger partial charge in [-0.25, -0.2) is 14.8 Å². The largest absolute Gasteiger partial charge is 0.377 e. The third kappa shape index (κ3) is 4.65. The molecule has 1 fully saturated rings. The fraction of sp³-hybridized carbons (Fsp3) is 0.522. The van der Waals surface area contributed by atoms with Gasteiger partial charge >= 0.3 is 6.03 Å². The van der Waals surface area contributed by atoms with Crippen molar-refractivity contribution in [3.63, 3.8) is 0 Å². The summed E-state index contributed by atoms with van der Waals surface area (Å²) < 4.78 is 5.61. The van der Waals surface area contributed by atoms with Crippen LogP contribution in [-0.2, 0) is 17.8 Å². The molecule has 8 heteroatoms. The van der Waals surface area contributed by atoms with Crippen LogP contribution in [0.3, 0.4) is 0 Å². The van der Waals surface area contributed by atoms with Gasteiger partial charge in [0.2, 0.25) is 5.95 Å². The van der Waals surface area contributed by atoms with E-state index in [1.165, 1.54) is 5.56 Å². The Kier molecular flexibility index (Phi) is 6.38. The van der Waals surface area contributed by atoms with Crippen LogP contribution in [0.5, 0.6) is 0 Å². The first-order valence-electron chi connectivity index (χ1n) is 11.1. The van der Waals surface area contributed by atoms with E-state index in [1.807, 2.05) is 31.2 Å². The molecule has 0 radical (unpaired) electrons. The third-order valence-electron chi connectivity index (χ3n) is 5.90. The van der Waals surface area contributed by atoms with Gasteiger partial charge in [0.15, 0.2) is 0 Å². The molecule has 0 bridgehead atoms. The lowest BCUT2D eigenvalue weighted by Gasteiger charge is -2.33. The molecule has 2 N–H and O–H groups in total. The number of anilines is 2. The van der Waals surface area contributed by atoms with E-state index in [-0.39, 0.29) is 12.1 Å². The van der Waals surface area contributed by atoms with Crippen LogP contribution in [0.15, 0.2) is 24.3 Å². The van der Waals surface area contributed by atoms with Gasteiger partial charge in [-0.15, -0.1) is 0 Å². The van der Waals surface area contributed by atoms with Crippen molar-refractivity contribution >= 4 is 17.7 Å². The smallest absolute Gasteiger partial charge is 0.319 e. The van der Waals surface area contributed by atoms with Gasteiger partial charge in [0.1, 0.15) is 0 Å². The zero-order chi connectivity index (χ0) is 22.0. The number of nitrogens with one attached hydrogen (secondary N) is 2. The van der Waals surface area contributed by atoms with E-state index >= 15 is 0 Å². The van der Waals surface area contributed by atoms with Crippen LogP contribution in [0.25, 0.3) is 11.3 Å². The summed E-state index contributed by atoms with van der Waals surface area (Å²) in [5.74, 6) is 0.777. The highest BCUT2D eigenvalue weighted by Gasteiger charge is 2.30. The highest BCUT2D eigenvalue weighted by Crippen LogP contribution is 2.34. The van der Waals surface area contributed by atoms with Crippen LogP contribution in [-0.4, -0.2) is 59.3 Å². The van der Waals surface area contributed by atoms with Crippen LogP contribution in [0, 0.1) is 0 Å². The van der Waals surface area contributed by atoms with Gasteiger partial charge in [-0.2, -0.15) is 0 Å². The molecule has 166 valence electrons. The van der Waals surface area contributed by atoms with Crippen molar-refractivity contribution < 1.29 is 9.53 Å². The molecule has 1 unspecified atom stereocenters. The van der Waals surface area contributed by atoms with Gasteiger partial charge in [-0.05, 0) is 39.8 Å². The first kappa shape index (κ1) is 21.5. The molecular weight excluding hydrogens is 392 g/mol. The van der Waals surface area contributed by atoms with Gasteiger partial charge < -0.3 is 20.3 Å². The standard InChI is InChI=1S/C23H32N6O2/c1-5-24-23(30)25-18-8-6-17(7-9-18)21-19-12-28(15(2)3)13-20(19)26-22(27-21)29-10-11-31-14-16(29)4/h6-9,15-16H,5,10-14H2,1-4H3,(H2,24,25,30). The summed E-state index contributed by atoms with van der Waals surface area (Å²) in [4.78, 5) is 26.5. The van der Waals surface area contributed by atoms with E-state index in [4.69, 9.17) is 14.7 Å². The maximum Gasteiger partial charge on any atom is 0.319 e. The maximum atomic E-state index is 11.8. The van der Waals surface area contributed by atoms with E-state index in [2.05, 4.69) is 41.2 Å². The Balaban J connectivity index is 1.68. The highest BCUT2D eigenvalue weighted by atomic mass is 16.5. The van der Waals surface area contributed by atoms with Crippen LogP contribution < -0.4 is 15.5 Å². The van der Waals surface area contributed by atoms with E-state index in [0.29, 0.717) is 25.8 Å². The van der Waals surface area contributed by atoms with Crippen LogP contribution in [0.2, 0.25) is 0 Å². The molecule has 1 saturated heterocycles. The van der Waals surface area contributed by atoms with Crippen LogP contribution >= 0.6 is 0 Å². The third-order valence-corrected chi connectivity index (χ3v) is 5.90. The Morgan fingerprint density at radius 3 is 2.68 bits per heavy atom. The minimum Gasteiger partial charge on any atom is -0.377 e. The summed E-state index contributed by atoms with van der Waals surface area (Å²) in [7, 11) is 0. The van der Waals surface area contributed by atoms with Crippen molar-refractivity contribution in [2.24, 2.45) is 0 Å². The molecule has 2 aliphatic rings. The Labute approximate surface area is 184 Å². The van der Waals surface area contributed by atoms with Crippen LogP contribution in [0.1, 0.15) is 39.0 Å². The Morgan fingerprint density at radius 2 is 2.00 bits per heavy atom. The second-order valence-corrected chi connectivity index (χ2v) is 8.48. The van der Waals surface area contributed by atoms with Crippen molar-refractivity contribution in [3.05, 3.63) is 35.5 Å². The fourth-order valence-corrected chi connectivity index (χ4v) is 4.07. The number of amides is 2. The zero-order valence-corrected chi connectivity index (χ0v) is 18.8. The van der Waals surface area contributed by atoms with Gasteiger partial charge in [0.05, 0.1) is 30.6 Å². The molecule has 8 nitrogen and oxygen atoms in total. The summed E-state index contributed by atoms with van der Waals surface area (Å²) in [6.45, 7) is 12.9. The second-order valence-electron chi connectivity index (χ2n) is 8.48. The molecule has 4 rings (SSSR count). The molecule has 31 heavy (non-hydrogen) atoms. The first-order valence-corrected chi connectivity index (χ1v) is 11.1. The molecule has 2 aromatic rings. The minimum atomic E-state index is -0.200. The van der Waals surface area contributed by atoms with Crippen molar-refractivity contribution in [2.75, 3.05) is 36.5 Å². The first-order chi connectivity index (χ1) is 15.0. The van der Waals surface area contributed by atoms with Crippen LogP contribution in [0.4, 0.5) is 16.4 Å². The molecule has 2 amide bonds. The second kappa shape index (κ2) is 9.20. The number of carbonyl (C=O) groups is 1. The number of carbonyl (C=O) groups excluding carboxylic acids is 1. The van der Waals surface area contributed by atoms with Crippen molar-refractivity contribution in [1.29, 1.82) is 0 Å². The monoisotopic (exact) mass is 424 g/mol. The van der Waals surface area contributed by atoms with Gasteiger partial charge in [-0.3, -0.25) is 4.90 Å². The average Bonchev–Trinajstić information content (AvgIpc) is 3.19. The summed E-state index contributed by atoms with van der Waals surface area (Å²) in [6, 6.07) is 8.37. The predicted molar refractivity (Wildman–Crippen MR) is 122 cm³/mol. The molecule has 0 spiro atoms. The number of ether oxygens (including phenoxy) is 1. The van der Waals surface area contributed by atoms with Gasteiger partial charge in [-0.1, -0.05) is 12.1 Å². The summed E-state index contributed by atoms with van der Waals surface area (Å²) in [6.07, 6.45) is 0. The summed E-state index contributed by atoms with van der Waals surface area (Å²) in [5.41, 5.74) is 5.07. The van der Waals surface area contributed by atoms with E-state index in [9.17, 15) is 4.79 Å². The zero-order valence-electron chi connectivity index (χ0n) is 18.8. The number of urea groups is 1. The van der Waals surface area contributed by atoms with E-state index in [0.717, 1.165) is 48.2 Å². The van der Waals surface area contributed by atoms with Gasteiger partial charge in [0, 0.05) is 49.0 Å². The molecular formula is C23H32N6O2. The Morgan fingerprint density at radius 1 is 1.23 bits per heavy atom. The Bertz CT molecular complexity index is 930. The lowest BCUT2D eigenvalue weighted by molar-refractivity contribution is 0.0980. The summed E-state index contributed by atoms with van der Waals surface area (Å²) >= 11 is 0. The predicted octanol–water partition coefficient (Wildman–Crippen LogP) is 3.23. The quantitative estimate of drug-likeness (QED) is 0.767. The SMILES string of the molecule is CCNC(=O)Nc1ccc(-c2nc(N3CCOCC3C)nc3c2CN(C(C)C)C3)cc1.